The lowest BCUT2D eigenvalue weighted by Gasteiger charge is -2.16. The van der Waals surface area contributed by atoms with E-state index in [4.69, 9.17) is 5.73 Å². The average molecular weight is 362 g/mol. The minimum atomic E-state index is -3.50. The molecule has 1 fully saturated rings. The molecule has 1 aliphatic rings. The number of rotatable bonds is 7. The summed E-state index contributed by atoms with van der Waals surface area (Å²) in [6, 6.07) is 5.76. The molecule has 0 radical (unpaired) electrons. The van der Waals surface area contributed by atoms with Crippen molar-refractivity contribution in [3.63, 3.8) is 0 Å². The van der Waals surface area contributed by atoms with Gasteiger partial charge in [0.25, 0.3) is 0 Å². The third-order valence-corrected chi connectivity index (χ3v) is 5.90. The second-order valence-corrected chi connectivity index (χ2v) is 7.67. The Morgan fingerprint density at radius 1 is 1.45 bits per heavy atom. The fourth-order valence-electron chi connectivity index (χ4n) is 2.01. The molecule has 0 spiro atoms. The lowest BCUT2D eigenvalue weighted by molar-refractivity contribution is 0.329. The molecule has 0 bridgehead atoms. The maximum atomic E-state index is 12.3. The van der Waals surface area contributed by atoms with Gasteiger partial charge in [0.1, 0.15) is 0 Å². The maximum absolute atomic E-state index is 12.3. The number of hydrogen-bond acceptors (Lipinski definition) is 4. The van der Waals surface area contributed by atoms with Crippen LogP contribution >= 0.6 is 15.9 Å². The second kappa shape index (κ2) is 6.53. The molecule has 1 saturated carbocycles. The predicted molar refractivity (Wildman–Crippen MR) is 82.9 cm³/mol. The molecule has 0 unspecified atom stereocenters. The first-order valence-electron chi connectivity index (χ1n) is 6.62. The van der Waals surface area contributed by atoms with Crippen LogP contribution in [0, 0.1) is 0 Å². The highest BCUT2D eigenvalue weighted by Gasteiger charge is 2.26. The number of halogens is 1. The highest BCUT2D eigenvalue weighted by molar-refractivity contribution is 9.10. The maximum Gasteiger partial charge on any atom is 0.241 e. The summed E-state index contributed by atoms with van der Waals surface area (Å²) in [6.07, 6.45) is 2.43. The van der Waals surface area contributed by atoms with Crippen molar-refractivity contribution in [2.75, 3.05) is 20.1 Å². The van der Waals surface area contributed by atoms with Crippen LogP contribution in [0.3, 0.4) is 0 Å². The summed E-state index contributed by atoms with van der Waals surface area (Å²) in [5, 5.41) is 0. The molecule has 0 heterocycles. The van der Waals surface area contributed by atoms with Crippen molar-refractivity contribution in [2.45, 2.75) is 30.3 Å². The highest BCUT2D eigenvalue weighted by atomic mass is 79.9. The summed E-state index contributed by atoms with van der Waals surface area (Å²) >= 11 is 3.28. The highest BCUT2D eigenvalue weighted by Crippen LogP contribution is 2.25. The number of benzene rings is 1. The summed E-state index contributed by atoms with van der Waals surface area (Å²) in [6.45, 7) is 1.45. The lowest BCUT2D eigenvalue weighted by atomic mass is 10.2. The van der Waals surface area contributed by atoms with E-state index < -0.39 is 10.0 Å². The van der Waals surface area contributed by atoms with Crippen molar-refractivity contribution in [1.29, 1.82) is 0 Å². The molecule has 0 saturated heterocycles. The Balaban J connectivity index is 2.01. The van der Waals surface area contributed by atoms with Crippen molar-refractivity contribution in [1.82, 2.24) is 9.62 Å². The number of nitrogens with one attached hydrogen (secondary N) is 1. The topological polar surface area (TPSA) is 75.4 Å². The van der Waals surface area contributed by atoms with Crippen molar-refractivity contribution in [3.05, 3.63) is 28.2 Å². The fraction of sp³-hybridized carbons (Fsp3) is 0.538. The van der Waals surface area contributed by atoms with Gasteiger partial charge in [0.15, 0.2) is 0 Å². The smallest absolute Gasteiger partial charge is 0.241 e. The van der Waals surface area contributed by atoms with Crippen LogP contribution in [0.15, 0.2) is 27.6 Å². The molecule has 0 atom stereocenters. The van der Waals surface area contributed by atoms with E-state index in [1.807, 2.05) is 13.1 Å². The quantitative estimate of drug-likeness (QED) is 0.766. The molecule has 1 aromatic carbocycles. The normalized spacial score (nSPS) is 15.8. The van der Waals surface area contributed by atoms with Gasteiger partial charge >= 0.3 is 0 Å². The van der Waals surface area contributed by atoms with Crippen molar-refractivity contribution in [3.8, 4) is 0 Å². The van der Waals surface area contributed by atoms with Crippen LogP contribution in [-0.4, -0.2) is 39.5 Å². The van der Waals surface area contributed by atoms with Crippen LogP contribution in [0.2, 0.25) is 0 Å². The molecule has 0 aliphatic heterocycles. The van der Waals surface area contributed by atoms with E-state index in [1.165, 1.54) is 12.8 Å². The summed E-state index contributed by atoms with van der Waals surface area (Å²) < 4.78 is 27.8. The summed E-state index contributed by atoms with van der Waals surface area (Å²) in [4.78, 5) is 2.43. The molecule has 112 valence electrons. The zero-order chi connectivity index (χ0) is 14.8. The Bertz CT molecular complexity index is 573. The first-order chi connectivity index (χ1) is 9.44. The van der Waals surface area contributed by atoms with Gasteiger partial charge in [-0.15, -0.1) is 0 Å². The van der Waals surface area contributed by atoms with E-state index in [1.54, 1.807) is 12.1 Å². The first kappa shape index (κ1) is 15.9. The molecule has 7 heteroatoms. The standard InChI is InChI=1S/C13H20BrN3O2S/c1-17(11-3-4-11)7-6-16-20(18,19)13-8-10(9-15)2-5-12(13)14/h2,5,8,11,16H,3-4,6-7,9,15H2,1H3. The van der Waals surface area contributed by atoms with E-state index in [0.29, 0.717) is 23.6 Å². The van der Waals surface area contributed by atoms with Gasteiger partial charge in [0, 0.05) is 30.1 Å². The van der Waals surface area contributed by atoms with Crippen LogP contribution in [-0.2, 0) is 16.6 Å². The van der Waals surface area contributed by atoms with Gasteiger partial charge in [-0.2, -0.15) is 0 Å². The van der Waals surface area contributed by atoms with Crippen LogP contribution in [0.5, 0.6) is 0 Å². The van der Waals surface area contributed by atoms with Gasteiger partial charge in [0.05, 0.1) is 4.90 Å². The Morgan fingerprint density at radius 3 is 2.75 bits per heavy atom. The number of nitrogens with zero attached hydrogens (tertiary/aromatic N) is 1. The third-order valence-electron chi connectivity index (χ3n) is 3.45. The molecule has 1 aliphatic carbocycles. The molecular weight excluding hydrogens is 342 g/mol. The van der Waals surface area contributed by atoms with Crippen molar-refractivity contribution < 1.29 is 8.42 Å². The van der Waals surface area contributed by atoms with Gasteiger partial charge in [-0.3, -0.25) is 0 Å². The van der Waals surface area contributed by atoms with Crippen LogP contribution in [0.4, 0.5) is 0 Å². The molecule has 20 heavy (non-hydrogen) atoms. The van der Waals surface area contributed by atoms with Crippen molar-refractivity contribution >= 4 is 26.0 Å². The zero-order valence-electron chi connectivity index (χ0n) is 11.5. The molecular formula is C13H20BrN3O2S. The average Bonchev–Trinajstić information content (AvgIpc) is 3.23. The second-order valence-electron chi connectivity index (χ2n) is 5.08. The van der Waals surface area contributed by atoms with E-state index in [-0.39, 0.29) is 4.90 Å². The molecule has 3 N–H and O–H groups in total. The Kier molecular flexibility index (Phi) is 5.19. The summed E-state index contributed by atoms with van der Waals surface area (Å²) in [5.74, 6) is 0. The number of sulfonamides is 1. The van der Waals surface area contributed by atoms with E-state index in [0.717, 1.165) is 12.1 Å². The Labute approximate surface area is 128 Å². The lowest BCUT2D eigenvalue weighted by Crippen LogP contribution is -2.34. The summed E-state index contributed by atoms with van der Waals surface area (Å²) in [5.41, 5.74) is 6.35. The first-order valence-corrected chi connectivity index (χ1v) is 8.90. The molecule has 5 nitrogen and oxygen atoms in total. The van der Waals surface area contributed by atoms with Gasteiger partial charge in [0.2, 0.25) is 10.0 Å². The number of nitrogens with two attached hydrogens (primary N) is 1. The SMILES string of the molecule is CN(CCNS(=O)(=O)c1cc(CN)ccc1Br)C1CC1. The molecule has 0 amide bonds. The van der Waals surface area contributed by atoms with E-state index >= 15 is 0 Å². The monoisotopic (exact) mass is 361 g/mol. The minimum Gasteiger partial charge on any atom is -0.326 e. The van der Waals surface area contributed by atoms with Gasteiger partial charge in [-0.25, -0.2) is 13.1 Å². The summed E-state index contributed by atoms with van der Waals surface area (Å²) in [7, 11) is -1.48. The third kappa shape index (κ3) is 4.02. The van der Waals surface area contributed by atoms with E-state index in [2.05, 4.69) is 25.6 Å². The molecule has 0 aromatic heterocycles. The van der Waals surface area contributed by atoms with Gasteiger partial charge in [-0.05, 0) is 53.5 Å². The van der Waals surface area contributed by atoms with Gasteiger partial charge in [-0.1, -0.05) is 6.07 Å². The van der Waals surface area contributed by atoms with Crippen LogP contribution in [0.25, 0.3) is 0 Å². The predicted octanol–water partition coefficient (Wildman–Crippen LogP) is 1.28. The number of likely N-dealkylation sites (N-methyl/N-ethyl adjacent to an activating group) is 1. The molecule has 1 aromatic rings. The number of hydrogen-bond donors (Lipinski definition) is 2. The largest absolute Gasteiger partial charge is 0.326 e. The van der Waals surface area contributed by atoms with E-state index in [9.17, 15) is 8.42 Å². The minimum absolute atomic E-state index is 0.245. The Morgan fingerprint density at radius 2 is 2.15 bits per heavy atom. The zero-order valence-corrected chi connectivity index (χ0v) is 13.9. The van der Waals surface area contributed by atoms with Gasteiger partial charge < -0.3 is 10.6 Å². The molecule has 2 rings (SSSR count). The van der Waals surface area contributed by atoms with Crippen molar-refractivity contribution in [2.24, 2.45) is 5.73 Å². The Hall–Kier alpha value is -0.470. The van der Waals surface area contributed by atoms with Crippen LogP contribution in [0.1, 0.15) is 18.4 Å². The fourth-order valence-corrected chi connectivity index (χ4v) is 4.05. The van der Waals surface area contributed by atoms with Crippen LogP contribution < -0.4 is 10.5 Å².